The second-order valence-corrected chi connectivity index (χ2v) is 6.34. The molecule has 1 aliphatic carbocycles. The van der Waals surface area contributed by atoms with E-state index in [2.05, 4.69) is 43.4 Å². The molecule has 1 fully saturated rings. The fourth-order valence-electron chi connectivity index (χ4n) is 3.11. The van der Waals surface area contributed by atoms with E-state index in [0.717, 1.165) is 37.8 Å². The number of benzene rings is 1. The first kappa shape index (κ1) is 16.4. The lowest BCUT2D eigenvalue weighted by Crippen LogP contribution is -2.32. The van der Waals surface area contributed by atoms with Crippen LogP contribution in [0.5, 0.6) is 5.75 Å². The normalized spacial score (nSPS) is 17.6. The van der Waals surface area contributed by atoms with Crippen molar-refractivity contribution in [1.29, 1.82) is 0 Å². The highest BCUT2D eigenvalue weighted by atomic mass is 16.5. The Labute approximate surface area is 130 Å². The molecule has 1 aliphatic rings. The van der Waals surface area contributed by atoms with Crippen LogP contribution in [0.15, 0.2) is 24.3 Å². The van der Waals surface area contributed by atoms with E-state index in [-0.39, 0.29) is 0 Å². The van der Waals surface area contributed by atoms with Gasteiger partial charge in [0.05, 0.1) is 6.61 Å². The van der Waals surface area contributed by atoms with Gasteiger partial charge in [-0.15, -0.1) is 0 Å². The number of rotatable bonds is 8. The molecule has 0 spiro atoms. The highest BCUT2D eigenvalue weighted by Crippen LogP contribution is 2.28. The first-order valence-corrected chi connectivity index (χ1v) is 8.76. The van der Waals surface area contributed by atoms with Gasteiger partial charge < -0.3 is 10.1 Å². The van der Waals surface area contributed by atoms with Gasteiger partial charge in [0.1, 0.15) is 5.75 Å². The van der Waals surface area contributed by atoms with E-state index in [1.165, 1.54) is 37.7 Å². The number of para-hydroxylation sites is 1. The van der Waals surface area contributed by atoms with Gasteiger partial charge in [-0.25, -0.2) is 0 Å². The van der Waals surface area contributed by atoms with Gasteiger partial charge in [-0.2, -0.15) is 0 Å². The van der Waals surface area contributed by atoms with Crippen LogP contribution in [0.3, 0.4) is 0 Å². The summed E-state index contributed by atoms with van der Waals surface area (Å²) in [5.41, 5.74) is 1.35. The fraction of sp³-hybridized carbons (Fsp3) is 0.684. The van der Waals surface area contributed by atoms with E-state index in [0.29, 0.717) is 5.92 Å². The van der Waals surface area contributed by atoms with Crippen LogP contribution in [0.4, 0.5) is 0 Å². The van der Waals surface area contributed by atoms with Crippen LogP contribution in [-0.4, -0.2) is 19.2 Å². The third-order valence-corrected chi connectivity index (χ3v) is 4.68. The lowest BCUT2D eigenvalue weighted by molar-refractivity contribution is 0.293. The summed E-state index contributed by atoms with van der Waals surface area (Å²) >= 11 is 0. The smallest absolute Gasteiger partial charge is 0.122 e. The van der Waals surface area contributed by atoms with Crippen molar-refractivity contribution in [3.05, 3.63) is 29.8 Å². The number of hydrogen-bond acceptors (Lipinski definition) is 2. The lowest BCUT2D eigenvalue weighted by atomic mass is 9.95. The molecular weight excluding hydrogens is 258 g/mol. The molecule has 21 heavy (non-hydrogen) atoms. The Balaban J connectivity index is 1.68. The van der Waals surface area contributed by atoms with Crippen LogP contribution in [0, 0.1) is 0 Å². The molecule has 1 saturated carbocycles. The number of ether oxygens (including phenoxy) is 1. The minimum Gasteiger partial charge on any atom is -0.493 e. The van der Waals surface area contributed by atoms with Crippen molar-refractivity contribution >= 4 is 0 Å². The molecule has 2 rings (SSSR count). The zero-order valence-corrected chi connectivity index (χ0v) is 13.7. The molecule has 0 amide bonds. The summed E-state index contributed by atoms with van der Waals surface area (Å²) in [4.78, 5) is 0. The zero-order valence-electron chi connectivity index (χ0n) is 13.7. The molecule has 2 heteroatoms. The van der Waals surface area contributed by atoms with Crippen molar-refractivity contribution in [3.63, 3.8) is 0 Å². The summed E-state index contributed by atoms with van der Waals surface area (Å²) in [5, 5.41) is 3.68. The van der Waals surface area contributed by atoms with Crippen LogP contribution < -0.4 is 10.1 Å². The van der Waals surface area contributed by atoms with E-state index in [1.807, 2.05) is 0 Å². The van der Waals surface area contributed by atoms with Gasteiger partial charge in [-0.05, 0) is 49.8 Å². The average molecular weight is 289 g/mol. The van der Waals surface area contributed by atoms with Gasteiger partial charge in [-0.1, -0.05) is 51.3 Å². The molecule has 1 aromatic carbocycles. The monoisotopic (exact) mass is 289 g/mol. The molecule has 2 nitrogen and oxygen atoms in total. The Kier molecular flexibility index (Phi) is 7.08. The molecule has 1 aromatic rings. The first-order chi connectivity index (χ1) is 10.3. The molecule has 0 heterocycles. The fourth-order valence-corrected chi connectivity index (χ4v) is 3.11. The molecule has 1 unspecified atom stereocenters. The van der Waals surface area contributed by atoms with Crippen molar-refractivity contribution in [2.24, 2.45) is 0 Å². The molecule has 0 aliphatic heterocycles. The minimum absolute atomic E-state index is 0.571. The maximum Gasteiger partial charge on any atom is 0.122 e. The highest BCUT2D eigenvalue weighted by molar-refractivity contribution is 5.35. The van der Waals surface area contributed by atoms with Crippen LogP contribution in [-0.2, 0) is 0 Å². The van der Waals surface area contributed by atoms with Crippen LogP contribution >= 0.6 is 0 Å². The van der Waals surface area contributed by atoms with Crippen LogP contribution in [0.2, 0.25) is 0 Å². The molecule has 1 atom stereocenters. The van der Waals surface area contributed by atoms with Gasteiger partial charge in [-0.3, -0.25) is 0 Å². The summed E-state index contributed by atoms with van der Waals surface area (Å²) in [6.07, 6.45) is 9.19. The SMILES string of the molecule is CCC(C)c1ccccc1OCCCNC1CCCCC1. The largest absolute Gasteiger partial charge is 0.493 e. The molecule has 0 radical (unpaired) electrons. The molecule has 0 saturated heterocycles. The quantitative estimate of drug-likeness (QED) is 0.688. The third kappa shape index (κ3) is 5.35. The average Bonchev–Trinajstić information content (AvgIpc) is 2.55. The van der Waals surface area contributed by atoms with Gasteiger partial charge in [0.15, 0.2) is 0 Å². The number of nitrogens with one attached hydrogen (secondary N) is 1. The lowest BCUT2D eigenvalue weighted by Gasteiger charge is -2.23. The Morgan fingerprint density at radius 1 is 1.19 bits per heavy atom. The van der Waals surface area contributed by atoms with Gasteiger partial charge in [0.2, 0.25) is 0 Å². The van der Waals surface area contributed by atoms with E-state index in [4.69, 9.17) is 4.74 Å². The predicted octanol–water partition coefficient (Wildman–Crippen LogP) is 4.89. The van der Waals surface area contributed by atoms with Gasteiger partial charge in [0, 0.05) is 6.04 Å². The minimum atomic E-state index is 0.571. The Morgan fingerprint density at radius 3 is 2.71 bits per heavy atom. The number of hydrogen-bond donors (Lipinski definition) is 1. The maximum atomic E-state index is 6.01. The van der Waals surface area contributed by atoms with E-state index in [1.54, 1.807) is 0 Å². The second kappa shape index (κ2) is 9.09. The van der Waals surface area contributed by atoms with Crippen molar-refractivity contribution in [2.75, 3.05) is 13.2 Å². The summed E-state index contributed by atoms with van der Waals surface area (Å²) in [5.74, 6) is 1.64. The summed E-state index contributed by atoms with van der Waals surface area (Å²) in [6, 6.07) is 9.24. The van der Waals surface area contributed by atoms with Crippen LogP contribution in [0.1, 0.15) is 70.3 Å². The van der Waals surface area contributed by atoms with Crippen molar-refractivity contribution < 1.29 is 4.74 Å². The van der Waals surface area contributed by atoms with Gasteiger partial charge in [0.25, 0.3) is 0 Å². The van der Waals surface area contributed by atoms with Crippen molar-refractivity contribution in [1.82, 2.24) is 5.32 Å². The predicted molar refractivity (Wildman–Crippen MR) is 90.1 cm³/mol. The van der Waals surface area contributed by atoms with E-state index >= 15 is 0 Å². The van der Waals surface area contributed by atoms with Crippen molar-refractivity contribution in [3.8, 4) is 5.75 Å². The Hall–Kier alpha value is -1.02. The van der Waals surface area contributed by atoms with Gasteiger partial charge >= 0.3 is 0 Å². The zero-order chi connectivity index (χ0) is 14.9. The third-order valence-electron chi connectivity index (χ3n) is 4.68. The Morgan fingerprint density at radius 2 is 1.95 bits per heavy atom. The Bertz CT molecular complexity index is 398. The molecule has 0 aromatic heterocycles. The van der Waals surface area contributed by atoms with E-state index < -0.39 is 0 Å². The molecule has 118 valence electrons. The molecule has 1 N–H and O–H groups in total. The van der Waals surface area contributed by atoms with Crippen molar-refractivity contribution in [2.45, 2.75) is 70.8 Å². The summed E-state index contributed by atoms with van der Waals surface area (Å²) < 4.78 is 6.01. The van der Waals surface area contributed by atoms with Crippen LogP contribution in [0.25, 0.3) is 0 Å². The summed E-state index contributed by atoms with van der Waals surface area (Å²) in [7, 11) is 0. The standard InChI is InChI=1S/C19H31NO/c1-3-16(2)18-12-7-8-13-19(18)21-15-9-14-20-17-10-5-4-6-11-17/h7-8,12-13,16-17,20H,3-6,9-11,14-15H2,1-2H3. The van der Waals surface area contributed by atoms with E-state index in [9.17, 15) is 0 Å². The molecule has 0 bridgehead atoms. The topological polar surface area (TPSA) is 21.3 Å². The first-order valence-electron chi connectivity index (χ1n) is 8.76. The molecular formula is C19H31NO. The highest BCUT2D eigenvalue weighted by Gasteiger charge is 2.12. The second-order valence-electron chi connectivity index (χ2n) is 6.34. The summed E-state index contributed by atoms with van der Waals surface area (Å²) in [6.45, 7) is 6.39. The maximum absolute atomic E-state index is 6.01.